The molecular formula is C32H42N6O6. The van der Waals surface area contributed by atoms with Gasteiger partial charge in [-0.3, -0.25) is 14.4 Å². The number of methoxy groups -OCH3 is 1. The van der Waals surface area contributed by atoms with Crippen molar-refractivity contribution < 1.29 is 29.1 Å². The largest absolute Gasteiger partial charge is 0.497 e. The Kier molecular flexibility index (Phi) is 10.6. The summed E-state index contributed by atoms with van der Waals surface area (Å²) in [5.74, 6) is -0.106. The highest BCUT2D eigenvalue weighted by molar-refractivity contribution is 5.91. The fourth-order valence-corrected chi connectivity index (χ4v) is 5.11. The number of carbonyl (C=O) groups is 3. The fourth-order valence-electron chi connectivity index (χ4n) is 5.11. The molecule has 236 valence electrons. The van der Waals surface area contributed by atoms with Gasteiger partial charge in [0.25, 0.3) is 11.8 Å². The monoisotopic (exact) mass is 606 g/mol. The SMILES string of the molecule is COc1ccc([C@H](C(=O)N2CCC(C)CC2)n2cnc(ONC(=O)[C@@H](CO)N(Cc3ccccc3)C(=O)C(C)(C)N)c2)cc1. The molecule has 1 saturated heterocycles. The number of likely N-dealkylation sites (tertiary alicyclic amines) is 1. The number of hydroxylamine groups is 1. The Morgan fingerprint density at radius 3 is 2.36 bits per heavy atom. The zero-order chi connectivity index (χ0) is 31.9. The van der Waals surface area contributed by atoms with Crippen LogP contribution in [0, 0.1) is 5.92 Å². The molecule has 0 bridgehead atoms. The minimum atomic E-state index is -1.29. The van der Waals surface area contributed by atoms with Crippen LogP contribution in [-0.2, 0) is 20.9 Å². The minimum absolute atomic E-state index is 0.0220. The molecule has 3 amide bonds. The van der Waals surface area contributed by atoms with Crippen LogP contribution in [0.5, 0.6) is 11.6 Å². The normalized spacial score (nSPS) is 15.3. The predicted octanol–water partition coefficient (Wildman–Crippen LogP) is 2.28. The van der Waals surface area contributed by atoms with Crippen LogP contribution in [0.25, 0.3) is 0 Å². The first-order valence-electron chi connectivity index (χ1n) is 14.7. The van der Waals surface area contributed by atoms with E-state index in [9.17, 15) is 19.5 Å². The minimum Gasteiger partial charge on any atom is -0.497 e. The zero-order valence-electron chi connectivity index (χ0n) is 25.7. The summed E-state index contributed by atoms with van der Waals surface area (Å²) in [5.41, 5.74) is 8.59. The number of aliphatic hydroxyl groups is 1. The summed E-state index contributed by atoms with van der Waals surface area (Å²) >= 11 is 0. The van der Waals surface area contributed by atoms with Crippen LogP contribution in [0.1, 0.15) is 50.8 Å². The van der Waals surface area contributed by atoms with Crippen LogP contribution >= 0.6 is 0 Å². The van der Waals surface area contributed by atoms with Gasteiger partial charge in [0.1, 0.15) is 17.8 Å². The van der Waals surface area contributed by atoms with E-state index in [0.717, 1.165) is 24.0 Å². The molecular weight excluding hydrogens is 564 g/mol. The molecule has 12 heteroatoms. The third kappa shape index (κ3) is 7.94. The van der Waals surface area contributed by atoms with Crippen LogP contribution in [0.2, 0.25) is 0 Å². The number of rotatable bonds is 12. The van der Waals surface area contributed by atoms with Gasteiger partial charge in [0.2, 0.25) is 11.8 Å². The van der Waals surface area contributed by atoms with E-state index in [-0.39, 0.29) is 18.3 Å². The molecule has 1 aliphatic rings. The average Bonchev–Trinajstić information content (AvgIpc) is 3.48. The molecule has 0 spiro atoms. The van der Waals surface area contributed by atoms with Crippen molar-refractivity contribution in [3.05, 3.63) is 78.2 Å². The maximum atomic E-state index is 13.8. The van der Waals surface area contributed by atoms with Crippen LogP contribution in [0.4, 0.5) is 0 Å². The van der Waals surface area contributed by atoms with Gasteiger partial charge in [-0.1, -0.05) is 49.4 Å². The molecule has 2 aromatic carbocycles. The summed E-state index contributed by atoms with van der Waals surface area (Å²) in [6, 6.07) is 14.3. The van der Waals surface area contributed by atoms with Crippen molar-refractivity contribution >= 4 is 17.7 Å². The number of benzene rings is 2. The molecule has 1 fully saturated rings. The number of hydrogen-bond acceptors (Lipinski definition) is 8. The number of nitrogens with two attached hydrogens (primary N) is 1. The maximum Gasteiger partial charge on any atom is 0.277 e. The highest BCUT2D eigenvalue weighted by Crippen LogP contribution is 2.27. The number of amides is 3. The Morgan fingerprint density at radius 1 is 1.11 bits per heavy atom. The van der Waals surface area contributed by atoms with Crippen molar-refractivity contribution in [3.8, 4) is 11.6 Å². The van der Waals surface area contributed by atoms with Crippen LogP contribution < -0.4 is 20.8 Å². The van der Waals surface area contributed by atoms with Gasteiger partial charge >= 0.3 is 0 Å². The van der Waals surface area contributed by atoms with E-state index in [0.29, 0.717) is 24.8 Å². The number of piperidine rings is 1. The van der Waals surface area contributed by atoms with Crippen LogP contribution in [0.3, 0.4) is 0 Å². The Morgan fingerprint density at radius 2 is 1.77 bits per heavy atom. The van der Waals surface area contributed by atoms with E-state index in [2.05, 4.69) is 17.4 Å². The fraction of sp³-hybridized carbons (Fsp3) is 0.438. The average molecular weight is 607 g/mol. The first-order valence-corrected chi connectivity index (χ1v) is 14.7. The van der Waals surface area contributed by atoms with Gasteiger partial charge < -0.3 is 34.8 Å². The first kappa shape index (κ1) is 32.5. The van der Waals surface area contributed by atoms with Crippen LogP contribution in [-0.4, -0.2) is 80.6 Å². The van der Waals surface area contributed by atoms with Crippen molar-refractivity contribution in [3.63, 3.8) is 0 Å². The number of ether oxygens (including phenoxy) is 1. The van der Waals surface area contributed by atoms with Gasteiger partial charge in [-0.05, 0) is 55.9 Å². The van der Waals surface area contributed by atoms with Crippen molar-refractivity contribution in [1.29, 1.82) is 0 Å². The number of carbonyl (C=O) groups excluding carboxylic acids is 3. The highest BCUT2D eigenvalue weighted by Gasteiger charge is 2.36. The summed E-state index contributed by atoms with van der Waals surface area (Å²) in [7, 11) is 1.58. The molecule has 12 nitrogen and oxygen atoms in total. The molecule has 3 aromatic rings. The summed E-state index contributed by atoms with van der Waals surface area (Å²) in [6.45, 7) is 5.98. The van der Waals surface area contributed by atoms with E-state index in [1.807, 2.05) is 47.4 Å². The highest BCUT2D eigenvalue weighted by atomic mass is 16.7. The number of aliphatic hydroxyl groups excluding tert-OH is 1. The zero-order valence-corrected chi connectivity index (χ0v) is 25.7. The number of aromatic nitrogens is 2. The molecule has 0 radical (unpaired) electrons. The van der Waals surface area contributed by atoms with E-state index in [1.165, 1.54) is 31.3 Å². The summed E-state index contributed by atoms with van der Waals surface area (Å²) < 4.78 is 6.92. The van der Waals surface area contributed by atoms with E-state index in [4.69, 9.17) is 15.3 Å². The Balaban J connectivity index is 1.52. The molecule has 0 aliphatic carbocycles. The summed E-state index contributed by atoms with van der Waals surface area (Å²) in [6.07, 6.45) is 4.85. The van der Waals surface area contributed by atoms with Gasteiger partial charge in [0, 0.05) is 19.6 Å². The second-order valence-corrected chi connectivity index (χ2v) is 11.7. The lowest BCUT2D eigenvalue weighted by atomic mass is 9.97. The Hall–Kier alpha value is -4.42. The molecule has 2 heterocycles. The Labute approximate surface area is 257 Å². The lowest BCUT2D eigenvalue weighted by molar-refractivity contribution is -0.148. The standard InChI is InChI=1S/C32H42N6O6/c1-22-14-16-36(17-15-22)30(41)28(24-10-12-25(43-4)13-11-24)37-19-27(34-21-37)44-35-29(40)26(20-39)38(31(42)32(2,3)33)18-23-8-6-5-7-9-23/h5-13,19,21-22,26,28,39H,14-18,20,33H2,1-4H3,(H,35,40)/t26-,28-/m1/s1. The van der Waals surface area contributed by atoms with Crippen LogP contribution in [0.15, 0.2) is 67.1 Å². The topological polar surface area (TPSA) is 152 Å². The van der Waals surface area contributed by atoms with Gasteiger partial charge in [0.05, 0.1) is 31.8 Å². The third-order valence-electron chi connectivity index (χ3n) is 7.75. The van der Waals surface area contributed by atoms with Gasteiger partial charge in [-0.2, -0.15) is 5.48 Å². The molecule has 1 aromatic heterocycles. The second-order valence-electron chi connectivity index (χ2n) is 11.7. The van der Waals surface area contributed by atoms with Crippen molar-refractivity contribution in [2.45, 2.75) is 57.8 Å². The number of imidazole rings is 1. The molecule has 4 N–H and O–H groups in total. The maximum absolute atomic E-state index is 13.8. The smallest absolute Gasteiger partial charge is 0.277 e. The lowest BCUT2D eigenvalue weighted by Crippen LogP contribution is -2.59. The first-order chi connectivity index (χ1) is 21.0. The quantitative estimate of drug-likeness (QED) is 0.266. The van der Waals surface area contributed by atoms with Crippen molar-refractivity contribution in [1.82, 2.24) is 24.8 Å². The summed E-state index contributed by atoms with van der Waals surface area (Å²) in [5, 5.41) is 10.2. The Bertz CT molecular complexity index is 1400. The molecule has 4 rings (SSSR count). The predicted molar refractivity (Wildman–Crippen MR) is 163 cm³/mol. The number of nitrogens with zero attached hydrogens (tertiary/aromatic N) is 4. The van der Waals surface area contributed by atoms with Gasteiger partial charge in [-0.15, -0.1) is 0 Å². The van der Waals surface area contributed by atoms with Gasteiger partial charge in [-0.25, -0.2) is 4.98 Å². The molecule has 0 saturated carbocycles. The van der Waals surface area contributed by atoms with E-state index >= 15 is 0 Å². The molecule has 1 aliphatic heterocycles. The number of nitrogens with one attached hydrogen (secondary N) is 1. The lowest BCUT2D eigenvalue weighted by Gasteiger charge is -2.34. The number of hydrogen-bond donors (Lipinski definition) is 3. The second kappa shape index (κ2) is 14.4. The molecule has 44 heavy (non-hydrogen) atoms. The summed E-state index contributed by atoms with van der Waals surface area (Å²) in [4.78, 5) is 53.1. The third-order valence-corrected chi connectivity index (χ3v) is 7.75. The molecule has 2 atom stereocenters. The van der Waals surface area contributed by atoms with Crippen molar-refractivity contribution in [2.24, 2.45) is 11.7 Å². The van der Waals surface area contributed by atoms with Crippen molar-refractivity contribution in [2.75, 3.05) is 26.8 Å². The van der Waals surface area contributed by atoms with E-state index < -0.39 is 36.0 Å². The van der Waals surface area contributed by atoms with Gasteiger partial charge in [0.15, 0.2) is 0 Å². The molecule has 0 unspecified atom stereocenters. The van der Waals surface area contributed by atoms with E-state index in [1.54, 1.807) is 23.8 Å².